The molecule has 0 radical (unpaired) electrons. The van der Waals surface area contributed by atoms with Crippen molar-refractivity contribution in [3.8, 4) is 112 Å². The zero-order valence-electron chi connectivity index (χ0n) is 60.5. The van der Waals surface area contributed by atoms with E-state index in [4.69, 9.17) is 0 Å². The standard InChI is InChI=1S/C53H31N.C35H19Br.C18H14BNO2/c1-2-13-34(14-3-1)54-49-24-11-8-18-39(49)43-29-32(26-28-50(43)54)33-25-27-38-37-17-6-9-22-45(37)53(47(38)30-33)46-23-10-7-19-41(46)52-42-21-12-20-40-35-15-4-5-16-36(35)44(51(40)42)31-48(52)53;36-20-16-17-24-23-10-3-5-14-29(23)35(31(24)18-20)30-15-6-4-11-26(30)34-27-13-7-12-25-21-8-1-2-9-22(21)28(33(25)27)19-32(34)35;21-19(22)13-10-11-18-16(12-13)15-8-4-5-9-17(15)20(18)14-6-2-1-3-7-14/h1-31H;1-19H;1-12,21-22H. The maximum Gasteiger partial charge on any atom is 0.488 e. The average Bonchev–Trinajstić information content (AvgIpc) is 1.50. The summed E-state index contributed by atoms with van der Waals surface area (Å²) in [7, 11) is -1.46. The second kappa shape index (κ2) is 23.8. The molecule has 6 aliphatic rings. The summed E-state index contributed by atoms with van der Waals surface area (Å²) in [6.45, 7) is 0. The highest BCUT2D eigenvalue weighted by atomic mass is 79.9. The van der Waals surface area contributed by atoms with Gasteiger partial charge < -0.3 is 19.2 Å². The van der Waals surface area contributed by atoms with Crippen LogP contribution in [-0.2, 0) is 10.8 Å². The lowest BCUT2D eigenvalue weighted by molar-refractivity contribution is 0.426. The number of fused-ring (bicyclic) bond motifs is 34. The molecule has 20 aromatic rings. The van der Waals surface area contributed by atoms with Crippen LogP contribution in [0.4, 0.5) is 0 Å². The van der Waals surface area contributed by atoms with Crippen molar-refractivity contribution in [3.05, 3.63) is 425 Å². The van der Waals surface area contributed by atoms with Crippen molar-refractivity contribution in [1.29, 1.82) is 0 Å². The van der Waals surface area contributed by atoms with E-state index >= 15 is 0 Å². The van der Waals surface area contributed by atoms with Crippen molar-refractivity contribution in [3.63, 3.8) is 0 Å². The van der Waals surface area contributed by atoms with E-state index in [2.05, 4.69) is 353 Å². The van der Waals surface area contributed by atoms with E-state index in [9.17, 15) is 10.0 Å². The van der Waals surface area contributed by atoms with E-state index in [-0.39, 0.29) is 5.41 Å². The van der Waals surface area contributed by atoms with Crippen LogP contribution in [0.25, 0.3) is 177 Å². The molecule has 0 amide bonds. The van der Waals surface area contributed by atoms with E-state index in [0.29, 0.717) is 5.46 Å². The Morgan fingerprint density at radius 3 is 1.07 bits per heavy atom. The quantitative estimate of drug-likeness (QED) is 0.173. The van der Waals surface area contributed by atoms with Gasteiger partial charge in [-0.05, 0) is 257 Å². The smallest absolute Gasteiger partial charge is 0.423 e. The summed E-state index contributed by atoms with van der Waals surface area (Å²) in [4.78, 5) is 0. The van der Waals surface area contributed by atoms with Crippen LogP contribution in [0, 0.1) is 0 Å². The first kappa shape index (κ1) is 63.5. The molecule has 0 aliphatic heterocycles. The van der Waals surface area contributed by atoms with E-state index in [1.807, 2.05) is 42.5 Å². The molecule has 0 saturated carbocycles. The summed E-state index contributed by atoms with van der Waals surface area (Å²) in [5.74, 6) is 0. The van der Waals surface area contributed by atoms with Gasteiger partial charge in [0.15, 0.2) is 0 Å². The lowest BCUT2D eigenvalue weighted by atomic mass is 9.69. The Balaban J connectivity index is 0.000000108. The molecule has 0 fully saturated rings. The third-order valence-electron chi connectivity index (χ3n) is 25.4. The maximum absolute atomic E-state index is 9.43. The third-order valence-corrected chi connectivity index (χ3v) is 25.9. The Labute approximate surface area is 655 Å². The van der Waals surface area contributed by atoms with Crippen LogP contribution >= 0.6 is 15.9 Å². The predicted molar refractivity (Wildman–Crippen MR) is 467 cm³/mol. The number of halogens is 1. The summed E-state index contributed by atoms with van der Waals surface area (Å²) in [5.41, 5.74) is 41.7. The summed E-state index contributed by atoms with van der Waals surface area (Å²) < 4.78 is 5.71. The molecular formula is C106H64BBrN2O2. The van der Waals surface area contributed by atoms with Crippen LogP contribution in [0.3, 0.4) is 0 Å². The van der Waals surface area contributed by atoms with Crippen LogP contribution in [0.5, 0.6) is 0 Å². The van der Waals surface area contributed by atoms with E-state index in [1.54, 1.807) is 6.07 Å². The van der Waals surface area contributed by atoms with E-state index in [1.165, 1.54) is 194 Å². The first-order valence-corrected chi connectivity index (χ1v) is 39.4. The van der Waals surface area contributed by atoms with Gasteiger partial charge in [-0.15, -0.1) is 0 Å². The summed E-state index contributed by atoms with van der Waals surface area (Å²) >= 11 is 3.82. The molecule has 4 nitrogen and oxygen atoms in total. The number of rotatable bonds is 4. The van der Waals surface area contributed by atoms with Crippen LogP contribution in [0.15, 0.2) is 381 Å². The summed E-state index contributed by atoms with van der Waals surface area (Å²) in [6.07, 6.45) is 0. The third kappa shape index (κ3) is 8.47. The van der Waals surface area contributed by atoms with Gasteiger partial charge in [-0.25, -0.2) is 0 Å². The molecular weight excluding hydrogens is 1420 g/mol. The zero-order valence-corrected chi connectivity index (χ0v) is 62.1. The van der Waals surface area contributed by atoms with Gasteiger partial charge in [0.2, 0.25) is 0 Å². The number of hydrogen-bond acceptors (Lipinski definition) is 2. The number of aromatic nitrogens is 2. The van der Waals surface area contributed by atoms with Crippen molar-refractivity contribution in [2.75, 3.05) is 0 Å². The van der Waals surface area contributed by atoms with Gasteiger partial charge in [-0.3, -0.25) is 0 Å². The number of para-hydroxylation sites is 4. The Bertz CT molecular complexity index is 7520. The zero-order chi connectivity index (χ0) is 73.8. The Morgan fingerprint density at radius 1 is 0.223 bits per heavy atom. The van der Waals surface area contributed by atoms with Gasteiger partial charge in [-0.2, -0.15) is 0 Å². The summed E-state index contributed by atoms with van der Waals surface area (Å²) in [6, 6.07) is 138. The molecule has 0 saturated heterocycles. The molecule has 2 aromatic heterocycles. The minimum absolute atomic E-state index is 0.333. The Morgan fingerprint density at radius 2 is 0.571 bits per heavy atom. The van der Waals surface area contributed by atoms with Gasteiger partial charge in [-0.1, -0.05) is 307 Å². The van der Waals surface area contributed by atoms with Crippen LogP contribution in [0.1, 0.15) is 44.5 Å². The molecule has 18 aromatic carbocycles. The van der Waals surface area contributed by atoms with E-state index in [0.717, 1.165) is 32.0 Å². The Kier molecular flexibility index (Phi) is 13.5. The Hall–Kier alpha value is -13.5. The molecule has 2 unspecified atom stereocenters. The second-order valence-corrected chi connectivity index (χ2v) is 31.5. The first-order chi connectivity index (χ1) is 55.3. The van der Waals surface area contributed by atoms with Crippen molar-refractivity contribution in [1.82, 2.24) is 9.13 Å². The molecule has 0 bridgehead atoms. The minimum atomic E-state index is -1.46. The van der Waals surface area contributed by atoms with Gasteiger partial charge in [0.05, 0.1) is 32.9 Å². The minimum Gasteiger partial charge on any atom is -0.423 e. The molecule has 112 heavy (non-hydrogen) atoms. The van der Waals surface area contributed by atoms with Crippen LogP contribution in [-0.4, -0.2) is 26.3 Å². The van der Waals surface area contributed by atoms with Gasteiger partial charge in [0.25, 0.3) is 0 Å². The molecule has 520 valence electrons. The van der Waals surface area contributed by atoms with Crippen molar-refractivity contribution >= 4 is 93.7 Å². The predicted octanol–water partition coefficient (Wildman–Crippen LogP) is 25.7. The number of benzene rings is 18. The van der Waals surface area contributed by atoms with Crippen molar-refractivity contribution in [2.45, 2.75) is 10.8 Å². The molecule has 2 atom stereocenters. The monoisotopic (exact) mass is 1490 g/mol. The van der Waals surface area contributed by atoms with Gasteiger partial charge in [0, 0.05) is 37.4 Å². The number of hydrogen-bond donors (Lipinski definition) is 2. The molecule has 2 heterocycles. The normalized spacial score (nSPS) is 15.2. The van der Waals surface area contributed by atoms with Crippen LogP contribution in [0.2, 0.25) is 0 Å². The topological polar surface area (TPSA) is 50.3 Å². The summed E-state index contributed by atoms with van der Waals surface area (Å²) in [5, 5.41) is 29.0. The fraction of sp³-hybridized carbons (Fsp3) is 0.0189. The maximum atomic E-state index is 9.43. The highest BCUT2D eigenvalue weighted by Gasteiger charge is 2.55. The van der Waals surface area contributed by atoms with Crippen molar-refractivity contribution in [2.24, 2.45) is 0 Å². The van der Waals surface area contributed by atoms with Crippen molar-refractivity contribution < 1.29 is 10.0 Å². The lowest BCUT2D eigenvalue weighted by Gasteiger charge is -2.31. The molecule has 6 aliphatic carbocycles. The fourth-order valence-corrected chi connectivity index (χ4v) is 21.5. The largest absolute Gasteiger partial charge is 0.488 e. The molecule has 2 spiro atoms. The van der Waals surface area contributed by atoms with Gasteiger partial charge in [0.1, 0.15) is 0 Å². The highest BCUT2D eigenvalue weighted by molar-refractivity contribution is 9.10. The SMILES string of the molecule is Brc1ccc2c(c1)C1(c3ccccc3-2)c2ccccc2-c2c1cc1c3c(cccc23)-c2ccccc2-1.OB(O)c1ccc2c(c1)c1ccccc1n2-c1ccccc1.c1ccc(-n2c3ccccc3c3cc(-c4ccc5c(c4)C4(c6ccccc6-5)c5ccccc5-c5c4cc4c6c(cccc56)-c5ccccc5-4)ccc32)cc1. The molecule has 26 rings (SSSR count). The lowest BCUT2D eigenvalue weighted by Crippen LogP contribution is -2.29. The molecule has 2 N–H and O–H groups in total. The van der Waals surface area contributed by atoms with Crippen LogP contribution < -0.4 is 5.46 Å². The van der Waals surface area contributed by atoms with Gasteiger partial charge >= 0.3 is 7.12 Å². The first-order valence-electron chi connectivity index (χ1n) is 38.6. The fourth-order valence-electron chi connectivity index (χ4n) is 21.2. The second-order valence-electron chi connectivity index (χ2n) is 30.6. The highest BCUT2D eigenvalue weighted by Crippen LogP contribution is 2.68. The number of nitrogens with zero attached hydrogens (tertiary/aromatic N) is 2. The van der Waals surface area contributed by atoms with E-state index < -0.39 is 12.5 Å². The molecule has 6 heteroatoms. The average molecular weight is 1490 g/mol.